The van der Waals surface area contributed by atoms with Crippen LogP contribution in [-0.2, 0) is 9.31 Å². The SMILES string of the molecule is Brc1ccc(Br)nc1.CB(O)N1CCN(c2ccc(B3OC(C)(C)C(C)(C)O3)cn2)CC1.CB(O)N1CCN(c2ccc(Br)cn2)CC1. The molecule has 3 aliphatic heterocycles. The number of hydrogen-bond acceptors (Lipinski definition) is 11. The van der Waals surface area contributed by atoms with Crippen LogP contribution in [0.15, 0.2) is 68.5 Å². The van der Waals surface area contributed by atoms with Crippen molar-refractivity contribution in [1.29, 1.82) is 0 Å². The zero-order valence-corrected chi connectivity index (χ0v) is 33.3. The third kappa shape index (κ3) is 11.0. The van der Waals surface area contributed by atoms with Gasteiger partial charge >= 0.3 is 21.2 Å². The molecule has 6 rings (SSSR count). The summed E-state index contributed by atoms with van der Waals surface area (Å²) in [4.78, 5) is 21.5. The van der Waals surface area contributed by atoms with E-state index >= 15 is 0 Å². The van der Waals surface area contributed by atoms with Crippen LogP contribution >= 0.6 is 47.8 Å². The first-order chi connectivity index (χ1) is 22.6. The Hall–Kier alpha value is -1.56. The van der Waals surface area contributed by atoms with Gasteiger partial charge in [0.05, 0.1) is 11.2 Å². The van der Waals surface area contributed by atoms with Gasteiger partial charge in [-0.2, -0.15) is 0 Å². The Morgan fingerprint density at radius 3 is 1.38 bits per heavy atom. The number of pyridine rings is 3. The highest BCUT2D eigenvalue weighted by Gasteiger charge is 2.51. The average Bonchev–Trinajstić information content (AvgIpc) is 3.29. The predicted octanol–water partition coefficient (Wildman–Crippen LogP) is 4.30. The lowest BCUT2D eigenvalue weighted by molar-refractivity contribution is 0.00578. The van der Waals surface area contributed by atoms with Gasteiger partial charge in [0.25, 0.3) is 0 Å². The van der Waals surface area contributed by atoms with Crippen LogP contribution < -0.4 is 15.3 Å². The van der Waals surface area contributed by atoms with E-state index in [1.807, 2.05) is 62.4 Å². The van der Waals surface area contributed by atoms with Crippen LogP contribution in [0.25, 0.3) is 0 Å². The fourth-order valence-corrected chi connectivity index (χ4v) is 5.97. The minimum Gasteiger partial charge on any atom is -0.437 e. The molecule has 3 saturated heterocycles. The maximum Gasteiger partial charge on any atom is 0.496 e. The van der Waals surface area contributed by atoms with E-state index in [1.54, 1.807) is 6.20 Å². The highest BCUT2D eigenvalue weighted by atomic mass is 79.9. The average molecular weight is 852 g/mol. The smallest absolute Gasteiger partial charge is 0.437 e. The Bertz CT molecular complexity index is 1380. The topological polar surface area (TPSA) is 111 Å². The Morgan fingerprint density at radius 1 is 0.625 bits per heavy atom. The van der Waals surface area contributed by atoms with Crippen molar-refractivity contribution >= 4 is 86.1 Å². The fourth-order valence-electron chi connectivity index (χ4n) is 5.27. The van der Waals surface area contributed by atoms with E-state index in [0.29, 0.717) is 0 Å². The monoisotopic (exact) mass is 849 g/mol. The van der Waals surface area contributed by atoms with Gasteiger partial charge in [0.15, 0.2) is 0 Å². The Balaban J connectivity index is 0.000000185. The molecular formula is C31H45B3Br3N7O4. The number of rotatable bonds is 5. The molecule has 17 heteroatoms. The molecule has 3 fully saturated rings. The summed E-state index contributed by atoms with van der Waals surface area (Å²) in [7, 11) is -1.10. The molecule has 0 spiro atoms. The van der Waals surface area contributed by atoms with E-state index < -0.39 is 0 Å². The van der Waals surface area contributed by atoms with Crippen LogP contribution in [0.3, 0.4) is 0 Å². The van der Waals surface area contributed by atoms with Crippen molar-refractivity contribution < 1.29 is 19.4 Å². The summed E-state index contributed by atoms with van der Waals surface area (Å²) in [5.74, 6) is 1.97. The van der Waals surface area contributed by atoms with Gasteiger partial charge in [-0.25, -0.2) is 15.0 Å². The maximum absolute atomic E-state index is 9.64. The molecular weight excluding hydrogens is 807 g/mol. The third-order valence-electron chi connectivity index (χ3n) is 9.03. The number of hydrogen-bond donors (Lipinski definition) is 2. The van der Waals surface area contributed by atoms with Gasteiger partial charge in [-0.1, -0.05) is 6.07 Å². The minimum atomic E-state index is -0.383. The lowest BCUT2D eigenvalue weighted by Crippen LogP contribution is -2.51. The van der Waals surface area contributed by atoms with Crippen molar-refractivity contribution in [2.24, 2.45) is 0 Å². The molecule has 48 heavy (non-hydrogen) atoms. The zero-order valence-electron chi connectivity index (χ0n) is 28.6. The molecule has 2 N–H and O–H groups in total. The molecule has 0 aliphatic carbocycles. The van der Waals surface area contributed by atoms with E-state index in [4.69, 9.17) is 9.31 Å². The largest absolute Gasteiger partial charge is 0.496 e. The Morgan fingerprint density at radius 2 is 1.04 bits per heavy atom. The molecule has 11 nitrogen and oxygen atoms in total. The van der Waals surface area contributed by atoms with Crippen LogP contribution in [0.5, 0.6) is 0 Å². The van der Waals surface area contributed by atoms with E-state index in [0.717, 1.165) is 83.0 Å². The van der Waals surface area contributed by atoms with Crippen LogP contribution in [0.2, 0.25) is 13.6 Å². The second kappa shape index (κ2) is 17.6. The van der Waals surface area contributed by atoms with E-state index in [1.165, 1.54) is 0 Å². The summed E-state index contributed by atoms with van der Waals surface area (Å²) in [5.41, 5.74) is 0.265. The first kappa shape index (κ1) is 39.2. The molecule has 0 radical (unpaired) electrons. The first-order valence-corrected chi connectivity index (χ1v) is 18.6. The van der Waals surface area contributed by atoms with Crippen molar-refractivity contribution in [1.82, 2.24) is 24.6 Å². The highest BCUT2D eigenvalue weighted by Crippen LogP contribution is 2.36. The van der Waals surface area contributed by atoms with Crippen molar-refractivity contribution in [2.45, 2.75) is 52.5 Å². The number of nitrogens with zero attached hydrogens (tertiary/aromatic N) is 7. The quantitative estimate of drug-likeness (QED) is 0.284. The summed E-state index contributed by atoms with van der Waals surface area (Å²) in [6.07, 6.45) is 5.40. The molecule has 0 saturated carbocycles. The second-order valence-corrected chi connectivity index (χ2v) is 15.6. The normalized spacial score (nSPS) is 19.2. The summed E-state index contributed by atoms with van der Waals surface area (Å²) < 4.78 is 15.0. The molecule has 0 aromatic carbocycles. The van der Waals surface area contributed by atoms with Gasteiger partial charge in [-0.3, -0.25) is 0 Å². The van der Waals surface area contributed by atoms with Crippen molar-refractivity contribution in [3.05, 3.63) is 68.5 Å². The van der Waals surface area contributed by atoms with Gasteiger partial charge < -0.3 is 38.8 Å². The minimum absolute atomic E-state index is 0.340. The maximum atomic E-state index is 9.64. The molecule has 0 bridgehead atoms. The van der Waals surface area contributed by atoms with E-state index in [9.17, 15) is 10.0 Å². The number of aromatic nitrogens is 3. The Labute approximate surface area is 311 Å². The molecule has 258 valence electrons. The predicted molar refractivity (Wildman–Crippen MR) is 207 cm³/mol. The van der Waals surface area contributed by atoms with Crippen LogP contribution in [0, 0.1) is 0 Å². The third-order valence-corrected chi connectivity index (χ3v) is 10.4. The van der Waals surface area contributed by atoms with Gasteiger partial charge in [-0.05, 0) is 119 Å². The first-order valence-electron chi connectivity index (χ1n) is 16.2. The van der Waals surface area contributed by atoms with Crippen LogP contribution in [0.4, 0.5) is 11.6 Å². The highest BCUT2D eigenvalue weighted by molar-refractivity contribution is 9.11. The summed E-state index contributed by atoms with van der Waals surface area (Å²) in [6.45, 7) is 18.9. The summed E-state index contributed by atoms with van der Waals surface area (Å²) in [5, 5.41) is 19.1. The number of piperazine rings is 2. The lowest BCUT2D eigenvalue weighted by atomic mass is 9.80. The molecule has 0 atom stereocenters. The van der Waals surface area contributed by atoms with Crippen molar-refractivity contribution in [3.63, 3.8) is 0 Å². The van der Waals surface area contributed by atoms with Gasteiger partial charge in [0, 0.05) is 85.4 Å². The summed E-state index contributed by atoms with van der Waals surface area (Å²) >= 11 is 9.85. The molecule has 3 aromatic heterocycles. The van der Waals surface area contributed by atoms with Crippen molar-refractivity contribution in [3.8, 4) is 0 Å². The zero-order chi connectivity index (χ0) is 35.1. The van der Waals surface area contributed by atoms with E-state index in [2.05, 4.69) is 110 Å². The standard InChI is InChI=1S/C16H27B2N3O3.C10H15BBrN3O.C5H3Br2N/c1-15(2)16(3,4)24-18(23-15)13-6-7-14(19-12-13)20-8-10-21(11-9-20)17(5)22;1-11(16)15-6-4-14(5-7-15)10-3-2-9(12)8-13-10;6-4-1-2-5(7)8-3-4/h6-7,12,22H,8-11H2,1-5H3;2-3,8,16H,4-7H2,1H3;1-3H. The lowest BCUT2D eigenvalue weighted by Gasteiger charge is -2.36. The molecule has 6 heterocycles. The van der Waals surface area contributed by atoms with Crippen LogP contribution in [-0.4, -0.2) is 119 Å². The fraction of sp³-hybridized carbons (Fsp3) is 0.516. The van der Waals surface area contributed by atoms with Gasteiger partial charge in [-0.15, -0.1) is 0 Å². The molecule has 3 aromatic rings. The molecule has 0 unspecified atom stereocenters. The second-order valence-electron chi connectivity index (χ2n) is 13.0. The molecule has 0 amide bonds. The van der Waals surface area contributed by atoms with Crippen LogP contribution in [0.1, 0.15) is 27.7 Å². The number of halogens is 3. The summed E-state index contributed by atoms with van der Waals surface area (Å²) in [6, 6.07) is 11.9. The van der Waals surface area contributed by atoms with Gasteiger partial charge in [0.2, 0.25) is 0 Å². The van der Waals surface area contributed by atoms with E-state index in [-0.39, 0.29) is 32.4 Å². The Kier molecular flexibility index (Phi) is 14.4. The van der Waals surface area contributed by atoms with Gasteiger partial charge in [0.1, 0.15) is 16.2 Å². The molecule has 3 aliphatic rings. The van der Waals surface area contributed by atoms with Crippen molar-refractivity contribution in [2.75, 3.05) is 62.2 Å². The number of anilines is 2.